The lowest BCUT2D eigenvalue weighted by Crippen LogP contribution is -2.43. The van der Waals surface area contributed by atoms with Gasteiger partial charge in [0.25, 0.3) is 5.91 Å². The fraction of sp³-hybridized carbons (Fsp3) is 0.208. The van der Waals surface area contributed by atoms with Crippen LogP contribution >= 0.6 is 0 Å². The van der Waals surface area contributed by atoms with Crippen LogP contribution in [0.1, 0.15) is 35.9 Å². The summed E-state index contributed by atoms with van der Waals surface area (Å²) in [6.45, 7) is 4.80. The molecular formula is C24H24N2O4. The highest BCUT2D eigenvalue weighted by Gasteiger charge is 2.34. The van der Waals surface area contributed by atoms with Gasteiger partial charge in [-0.3, -0.25) is 9.69 Å². The zero-order chi connectivity index (χ0) is 21.1. The van der Waals surface area contributed by atoms with Crippen molar-refractivity contribution in [3.8, 4) is 17.2 Å². The van der Waals surface area contributed by atoms with Crippen LogP contribution in [0.4, 0.5) is 11.4 Å². The van der Waals surface area contributed by atoms with Gasteiger partial charge in [0.2, 0.25) is 0 Å². The van der Waals surface area contributed by atoms with Gasteiger partial charge in [0.1, 0.15) is 11.9 Å². The van der Waals surface area contributed by atoms with Gasteiger partial charge in [0.15, 0.2) is 11.5 Å². The predicted octanol–water partition coefficient (Wildman–Crippen LogP) is 4.96. The highest BCUT2D eigenvalue weighted by atomic mass is 16.5. The van der Waals surface area contributed by atoms with Crippen molar-refractivity contribution >= 4 is 17.3 Å². The van der Waals surface area contributed by atoms with Crippen LogP contribution in [-0.2, 0) is 0 Å². The van der Waals surface area contributed by atoms with Gasteiger partial charge >= 0.3 is 0 Å². The molecule has 4 rings (SSSR count). The van der Waals surface area contributed by atoms with E-state index in [-0.39, 0.29) is 11.7 Å². The van der Waals surface area contributed by atoms with E-state index in [4.69, 9.17) is 9.47 Å². The number of nitrogens with one attached hydrogen (secondary N) is 1. The summed E-state index contributed by atoms with van der Waals surface area (Å²) in [5.41, 5.74) is 2.90. The van der Waals surface area contributed by atoms with E-state index in [0.717, 1.165) is 22.7 Å². The molecule has 0 aliphatic carbocycles. The number of carbonyl (C=O) groups is 1. The van der Waals surface area contributed by atoms with Gasteiger partial charge in [0, 0.05) is 11.4 Å². The van der Waals surface area contributed by atoms with E-state index in [1.807, 2.05) is 62.4 Å². The van der Waals surface area contributed by atoms with E-state index in [9.17, 15) is 9.90 Å². The van der Waals surface area contributed by atoms with Crippen molar-refractivity contribution in [2.75, 3.05) is 23.4 Å². The first-order chi connectivity index (χ1) is 14.6. The van der Waals surface area contributed by atoms with Crippen LogP contribution in [0.25, 0.3) is 0 Å². The maximum Gasteiger partial charge on any atom is 0.262 e. The quantitative estimate of drug-likeness (QED) is 0.608. The van der Waals surface area contributed by atoms with Crippen LogP contribution in [0, 0.1) is 0 Å². The number of hydrogen-bond acceptors (Lipinski definition) is 5. The lowest BCUT2D eigenvalue weighted by Gasteiger charge is -2.38. The average molecular weight is 404 g/mol. The van der Waals surface area contributed by atoms with Gasteiger partial charge in [-0.15, -0.1) is 0 Å². The first-order valence-corrected chi connectivity index (χ1v) is 10.00. The Kier molecular flexibility index (Phi) is 5.48. The molecule has 0 unspecified atom stereocenters. The summed E-state index contributed by atoms with van der Waals surface area (Å²) >= 11 is 0. The molecule has 1 heterocycles. The number of fused-ring (bicyclic) bond motifs is 1. The molecular weight excluding hydrogens is 380 g/mol. The molecule has 0 fully saturated rings. The monoisotopic (exact) mass is 404 g/mol. The largest absolute Gasteiger partial charge is 0.504 e. The SMILES string of the molecule is CCOc1ccc(N2C(=O)c3ccccc3N[C@@H]2c2ccc(O)c(OCC)c2)cc1. The number of benzene rings is 3. The third-order valence-electron chi connectivity index (χ3n) is 4.95. The van der Waals surface area contributed by atoms with E-state index in [2.05, 4.69) is 5.32 Å². The number of aromatic hydroxyl groups is 1. The molecule has 0 bridgehead atoms. The molecule has 6 heteroatoms. The van der Waals surface area contributed by atoms with Crippen LogP contribution < -0.4 is 19.7 Å². The molecule has 0 radical (unpaired) electrons. The standard InChI is InChI=1S/C24H24N2O4/c1-3-29-18-12-10-17(11-13-18)26-23(16-9-14-21(27)22(15-16)30-4-2)25-20-8-6-5-7-19(20)24(26)28/h5-15,23,25,27H,3-4H2,1-2H3/t23-/m0/s1. The van der Waals surface area contributed by atoms with Crippen LogP contribution in [0.3, 0.4) is 0 Å². The van der Waals surface area contributed by atoms with Crippen molar-refractivity contribution in [2.45, 2.75) is 20.0 Å². The smallest absolute Gasteiger partial charge is 0.262 e. The molecule has 0 saturated heterocycles. The average Bonchev–Trinajstić information content (AvgIpc) is 2.76. The van der Waals surface area contributed by atoms with E-state index >= 15 is 0 Å². The van der Waals surface area contributed by atoms with Gasteiger partial charge in [0.05, 0.1) is 18.8 Å². The third kappa shape index (κ3) is 3.64. The fourth-order valence-electron chi connectivity index (χ4n) is 3.59. The number of ether oxygens (including phenoxy) is 2. The van der Waals surface area contributed by atoms with Crippen molar-refractivity contribution < 1.29 is 19.4 Å². The number of rotatable bonds is 6. The zero-order valence-electron chi connectivity index (χ0n) is 17.0. The molecule has 1 aliphatic rings. The molecule has 3 aromatic carbocycles. The summed E-state index contributed by atoms with van der Waals surface area (Å²) in [5, 5.41) is 13.6. The molecule has 1 aliphatic heterocycles. The minimum Gasteiger partial charge on any atom is -0.504 e. The molecule has 6 nitrogen and oxygen atoms in total. The van der Waals surface area contributed by atoms with Gasteiger partial charge in [-0.25, -0.2) is 0 Å². The van der Waals surface area contributed by atoms with Gasteiger partial charge in [-0.05, 0) is 67.9 Å². The molecule has 0 spiro atoms. The second-order valence-electron chi connectivity index (χ2n) is 6.85. The van der Waals surface area contributed by atoms with E-state index in [1.54, 1.807) is 23.1 Å². The van der Waals surface area contributed by atoms with Crippen molar-refractivity contribution in [3.63, 3.8) is 0 Å². The Balaban J connectivity index is 1.79. The Morgan fingerprint density at radius 1 is 0.967 bits per heavy atom. The number of carbonyl (C=O) groups excluding carboxylic acids is 1. The summed E-state index contributed by atoms with van der Waals surface area (Å²) in [6.07, 6.45) is -0.467. The van der Waals surface area contributed by atoms with E-state index < -0.39 is 6.17 Å². The van der Waals surface area contributed by atoms with E-state index in [1.165, 1.54) is 0 Å². The normalized spacial score (nSPS) is 15.3. The minimum absolute atomic E-state index is 0.0655. The first kappa shape index (κ1) is 19.6. The van der Waals surface area contributed by atoms with Gasteiger partial charge in [-0.2, -0.15) is 0 Å². The number of phenols is 1. The molecule has 3 aromatic rings. The van der Waals surface area contributed by atoms with Gasteiger partial charge < -0.3 is 19.9 Å². The Morgan fingerprint density at radius 2 is 1.70 bits per heavy atom. The number of hydrogen-bond donors (Lipinski definition) is 2. The Morgan fingerprint density at radius 3 is 2.43 bits per heavy atom. The summed E-state index contributed by atoms with van der Waals surface area (Å²) in [7, 11) is 0. The number of phenolic OH excluding ortho intramolecular Hbond substituents is 1. The first-order valence-electron chi connectivity index (χ1n) is 10.00. The van der Waals surface area contributed by atoms with Crippen LogP contribution in [-0.4, -0.2) is 24.2 Å². The molecule has 1 atom stereocenters. The summed E-state index contributed by atoms with van der Waals surface area (Å²) in [6, 6.07) is 20.0. The number of amides is 1. The van der Waals surface area contributed by atoms with Gasteiger partial charge in [-0.1, -0.05) is 18.2 Å². The highest BCUT2D eigenvalue weighted by Crippen LogP contribution is 2.39. The number of nitrogens with zero attached hydrogens (tertiary/aromatic N) is 1. The Bertz CT molecular complexity index is 1050. The van der Waals surface area contributed by atoms with E-state index in [0.29, 0.717) is 24.5 Å². The number of anilines is 2. The maximum atomic E-state index is 13.5. The Labute approximate surface area is 175 Å². The molecule has 30 heavy (non-hydrogen) atoms. The lowest BCUT2D eigenvalue weighted by molar-refractivity contribution is 0.0975. The van der Waals surface area contributed by atoms with Crippen LogP contribution in [0.2, 0.25) is 0 Å². The fourth-order valence-corrected chi connectivity index (χ4v) is 3.59. The highest BCUT2D eigenvalue weighted by molar-refractivity contribution is 6.12. The molecule has 0 aromatic heterocycles. The van der Waals surface area contributed by atoms with Crippen LogP contribution in [0.15, 0.2) is 66.7 Å². The van der Waals surface area contributed by atoms with Crippen molar-refractivity contribution in [2.24, 2.45) is 0 Å². The zero-order valence-corrected chi connectivity index (χ0v) is 17.0. The third-order valence-corrected chi connectivity index (χ3v) is 4.95. The van der Waals surface area contributed by atoms with Crippen LogP contribution in [0.5, 0.6) is 17.2 Å². The number of para-hydroxylation sites is 1. The summed E-state index contributed by atoms with van der Waals surface area (Å²) in [5.74, 6) is 1.09. The summed E-state index contributed by atoms with van der Waals surface area (Å²) < 4.78 is 11.1. The molecule has 0 saturated carbocycles. The maximum absolute atomic E-state index is 13.5. The topological polar surface area (TPSA) is 71.0 Å². The summed E-state index contributed by atoms with van der Waals surface area (Å²) in [4.78, 5) is 15.2. The lowest BCUT2D eigenvalue weighted by atomic mass is 10.0. The molecule has 1 amide bonds. The van der Waals surface area contributed by atoms with Crippen molar-refractivity contribution in [1.82, 2.24) is 0 Å². The predicted molar refractivity (Wildman–Crippen MR) is 117 cm³/mol. The minimum atomic E-state index is -0.467. The second kappa shape index (κ2) is 8.37. The molecule has 154 valence electrons. The van der Waals surface area contributed by atoms with Crippen molar-refractivity contribution in [3.05, 3.63) is 77.9 Å². The second-order valence-corrected chi connectivity index (χ2v) is 6.85. The molecule has 2 N–H and O–H groups in total. The van der Waals surface area contributed by atoms with Crippen molar-refractivity contribution in [1.29, 1.82) is 0 Å². The Hall–Kier alpha value is -3.67.